The molecular weight excluding hydrogens is 272 g/mol. The van der Waals surface area contributed by atoms with Crippen molar-refractivity contribution in [2.75, 3.05) is 17.8 Å². The molecule has 1 aromatic heterocycles. The predicted octanol–water partition coefficient (Wildman–Crippen LogP) is 2.71. The summed E-state index contributed by atoms with van der Waals surface area (Å²) in [6.45, 7) is 4.04. The number of hydrogen-bond acceptors (Lipinski definition) is 5. The number of anilines is 2. The number of nitrogen functional groups attached to an aromatic ring is 1. The van der Waals surface area contributed by atoms with E-state index in [1.807, 2.05) is 13.8 Å². The second-order valence-corrected chi connectivity index (χ2v) is 4.82. The zero-order chi connectivity index (χ0) is 15.0. The maximum absolute atomic E-state index is 12.2. The lowest BCUT2D eigenvalue weighted by Gasteiger charge is -2.08. The molecule has 1 aliphatic rings. The third-order valence-corrected chi connectivity index (χ3v) is 3.36. The van der Waals surface area contributed by atoms with Gasteiger partial charge in [-0.2, -0.15) is 0 Å². The van der Waals surface area contributed by atoms with E-state index in [0.29, 0.717) is 22.9 Å². The Labute approximate surface area is 121 Å². The van der Waals surface area contributed by atoms with Gasteiger partial charge in [-0.05, 0) is 18.6 Å². The van der Waals surface area contributed by atoms with E-state index < -0.39 is 0 Å². The van der Waals surface area contributed by atoms with Crippen molar-refractivity contribution >= 4 is 17.3 Å². The first-order valence-corrected chi connectivity index (χ1v) is 6.68. The van der Waals surface area contributed by atoms with Gasteiger partial charge in [0.2, 0.25) is 6.79 Å². The van der Waals surface area contributed by atoms with E-state index in [-0.39, 0.29) is 18.5 Å². The van der Waals surface area contributed by atoms with Crippen LogP contribution in [-0.2, 0) is 6.42 Å². The highest BCUT2D eigenvalue weighted by Crippen LogP contribution is 2.38. The topological polar surface area (TPSA) is 86.7 Å². The molecule has 0 saturated heterocycles. The number of hydrogen-bond donors (Lipinski definition) is 2. The third kappa shape index (κ3) is 2.40. The van der Waals surface area contributed by atoms with Crippen LogP contribution >= 0.6 is 0 Å². The van der Waals surface area contributed by atoms with Crippen LogP contribution in [0.15, 0.2) is 22.6 Å². The summed E-state index contributed by atoms with van der Waals surface area (Å²) in [4.78, 5) is 12.2. The Morgan fingerprint density at radius 2 is 2.00 bits per heavy atom. The summed E-state index contributed by atoms with van der Waals surface area (Å²) in [5.74, 6) is 1.86. The summed E-state index contributed by atoms with van der Waals surface area (Å²) in [6.07, 6.45) is 0.741. The molecule has 3 N–H and O–H groups in total. The number of fused-ring (bicyclic) bond motifs is 1. The Bertz CT molecular complexity index is 706. The second-order valence-electron chi connectivity index (χ2n) is 4.82. The van der Waals surface area contributed by atoms with Crippen molar-refractivity contribution in [1.29, 1.82) is 0 Å². The number of furan rings is 1. The van der Waals surface area contributed by atoms with Crippen LogP contribution in [0.4, 0.5) is 11.4 Å². The van der Waals surface area contributed by atoms with Crippen molar-refractivity contribution in [3.63, 3.8) is 0 Å². The van der Waals surface area contributed by atoms with Crippen molar-refractivity contribution in [1.82, 2.24) is 0 Å². The van der Waals surface area contributed by atoms with Gasteiger partial charge in [0.15, 0.2) is 17.3 Å². The van der Waals surface area contributed by atoms with Gasteiger partial charge in [-0.25, -0.2) is 0 Å². The molecule has 2 aromatic rings. The molecule has 6 heteroatoms. The van der Waals surface area contributed by atoms with Gasteiger partial charge in [0.05, 0.1) is 11.4 Å². The van der Waals surface area contributed by atoms with Gasteiger partial charge in [-0.15, -0.1) is 0 Å². The molecule has 2 heterocycles. The molecule has 0 bridgehead atoms. The van der Waals surface area contributed by atoms with E-state index in [2.05, 4.69) is 5.32 Å². The van der Waals surface area contributed by atoms with Gasteiger partial charge >= 0.3 is 0 Å². The number of nitrogens with two attached hydrogens (primary N) is 1. The number of rotatable bonds is 3. The molecular formula is C15H16N2O4. The van der Waals surface area contributed by atoms with Gasteiger partial charge in [0.25, 0.3) is 5.91 Å². The van der Waals surface area contributed by atoms with Crippen LogP contribution in [-0.4, -0.2) is 12.7 Å². The Hall–Kier alpha value is -2.63. The summed E-state index contributed by atoms with van der Waals surface area (Å²) in [6, 6.07) is 4.99. The standard InChI is InChI=1S/C15H16N2O4/c1-3-11-8(2)4-14(21-11)15(18)17-10-6-13-12(5-9(10)16)19-7-20-13/h4-6H,3,7,16H2,1-2H3,(H,17,18). The smallest absolute Gasteiger partial charge is 0.291 e. The lowest BCUT2D eigenvalue weighted by Crippen LogP contribution is -2.12. The lowest BCUT2D eigenvalue weighted by atomic mass is 10.2. The number of carbonyl (C=O) groups is 1. The van der Waals surface area contributed by atoms with Crippen LogP contribution in [0.25, 0.3) is 0 Å². The highest BCUT2D eigenvalue weighted by atomic mass is 16.7. The second kappa shape index (κ2) is 5.05. The summed E-state index contributed by atoms with van der Waals surface area (Å²) in [5, 5.41) is 2.73. The van der Waals surface area contributed by atoms with E-state index >= 15 is 0 Å². The molecule has 6 nitrogen and oxygen atoms in total. The van der Waals surface area contributed by atoms with Crippen LogP contribution < -0.4 is 20.5 Å². The zero-order valence-electron chi connectivity index (χ0n) is 11.9. The fraction of sp³-hybridized carbons (Fsp3) is 0.267. The SMILES string of the molecule is CCc1oc(C(=O)Nc2cc3c(cc2N)OCO3)cc1C. The third-order valence-electron chi connectivity index (χ3n) is 3.36. The van der Waals surface area contributed by atoms with Crippen LogP contribution in [0.1, 0.15) is 28.8 Å². The van der Waals surface area contributed by atoms with Gasteiger partial charge in [-0.1, -0.05) is 6.92 Å². The van der Waals surface area contributed by atoms with E-state index in [1.54, 1.807) is 18.2 Å². The molecule has 0 fully saturated rings. The minimum atomic E-state index is -0.344. The number of nitrogens with one attached hydrogen (secondary N) is 1. The first-order valence-electron chi connectivity index (χ1n) is 6.68. The first-order chi connectivity index (χ1) is 10.1. The number of carbonyl (C=O) groups excluding carboxylic acids is 1. The minimum absolute atomic E-state index is 0.156. The van der Waals surface area contributed by atoms with Crippen molar-refractivity contribution in [2.45, 2.75) is 20.3 Å². The van der Waals surface area contributed by atoms with E-state index in [1.165, 1.54) is 0 Å². The highest BCUT2D eigenvalue weighted by Gasteiger charge is 2.19. The number of amides is 1. The number of ether oxygens (including phenoxy) is 2. The molecule has 0 unspecified atom stereocenters. The van der Waals surface area contributed by atoms with Gasteiger partial charge in [-0.3, -0.25) is 4.79 Å². The molecule has 0 spiro atoms. The fourth-order valence-corrected chi connectivity index (χ4v) is 2.23. The molecule has 0 saturated carbocycles. The molecule has 21 heavy (non-hydrogen) atoms. The predicted molar refractivity (Wildman–Crippen MR) is 77.8 cm³/mol. The van der Waals surface area contributed by atoms with Crippen molar-refractivity contribution in [3.8, 4) is 11.5 Å². The largest absolute Gasteiger partial charge is 0.456 e. The first kappa shape index (κ1) is 13.4. The molecule has 110 valence electrons. The zero-order valence-corrected chi connectivity index (χ0v) is 11.9. The normalized spacial score (nSPS) is 12.5. The van der Waals surface area contributed by atoms with Gasteiger partial charge in [0.1, 0.15) is 5.76 Å². The lowest BCUT2D eigenvalue weighted by molar-refractivity contribution is 0.0995. The van der Waals surface area contributed by atoms with Crippen molar-refractivity contribution in [3.05, 3.63) is 35.3 Å². The summed E-state index contributed by atoms with van der Waals surface area (Å²) in [7, 11) is 0. The van der Waals surface area contributed by atoms with Gasteiger partial charge < -0.3 is 24.9 Å². The molecule has 0 radical (unpaired) electrons. The number of benzene rings is 1. The van der Waals surface area contributed by atoms with Crippen molar-refractivity contribution < 1.29 is 18.7 Å². The summed E-state index contributed by atoms with van der Waals surface area (Å²) < 4.78 is 16.0. The minimum Gasteiger partial charge on any atom is -0.456 e. The van der Waals surface area contributed by atoms with Crippen LogP contribution in [0, 0.1) is 6.92 Å². The van der Waals surface area contributed by atoms with E-state index in [9.17, 15) is 4.79 Å². The van der Waals surface area contributed by atoms with Gasteiger partial charge in [0, 0.05) is 18.6 Å². The average molecular weight is 288 g/mol. The fourth-order valence-electron chi connectivity index (χ4n) is 2.23. The molecule has 0 aliphatic carbocycles. The van der Waals surface area contributed by atoms with Crippen molar-refractivity contribution in [2.24, 2.45) is 0 Å². The Kier molecular flexibility index (Phi) is 3.21. The van der Waals surface area contributed by atoms with Crippen LogP contribution in [0.5, 0.6) is 11.5 Å². The summed E-state index contributed by atoms with van der Waals surface area (Å²) in [5.41, 5.74) is 7.74. The monoisotopic (exact) mass is 288 g/mol. The molecule has 1 aromatic carbocycles. The molecule has 3 rings (SSSR count). The maximum Gasteiger partial charge on any atom is 0.291 e. The average Bonchev–Trinajstić information content (AvgIpc) is 3.05. The van der Waals surface area contributed by atoms with Crippen LogP contribution in [0.2, 0.25) is 0 Å². The molecule has 0 atom stereocenters. The summed E-state index contributed by atoms with van der Waals surface area (Å²) >= 11 is 0. The van der Waals surface area contributed by atoms with E-state index in [4.69, 9.17) is 19.6 Å². The Morgan fingerprint density at radius 1 is 1.29 bits per heavy atom. The Balaban J connectivity index is 1.84. The number of aryl methyl sites for hydroxylation is 2. The molecule has 1 aliphatic heterocycles. The van der Waals surface area contributed by atoms with Crippen LogP contribution in [0.3, 0.4) is 0 Å². The Morgan fingerprint density at radius 3 is 2.67 bits per heavy atom. The quantitative estimate of drug-likeness (QED) is 0.848. The maximum atomic E-state index is 12.2. The highest BCUT2D eigenvalue weighted by molar-refractivity contribution is 6.04. The van der Waals surface area contributed by atoms with E-state index in [0.717, 1.165) is 17.7 Å². The molecule has 1 amide bonds.